The lowest BCUT2D eigenvalue weighted by molar-refractivity contribution is 0.460. The van der Waals surface area contributed by atoms with Crippen molar-refractivity contribution < 1.29 is 4.42 Å². The van der Waals surface area contributed by atoms with Gasteiger partial charge in [-0.3, -0.25) is 9.36 Å². The molecule has 0 bridgehead atoms. The van der Waals surface area contributed by atoms with Crippen LogP contribution in [0.3, 0.4) is 0 Å². The summed E-state index contributed by atoms with van der Waals surface area (Å²) >= 11 is 0. The van der Waals surface area contributed by atoms with Gasteiger partial charge in [0, 0.05) is 32.4 Å². The maximum absolute atomic E-state index is 11.9. The second kappa shape index (κ2) is 5.27. The van der Waals surface area contributed by atoms with Crippen molar-refractivity contribution in [1.29, 1.82) is 0 Å². The van der Waals surface area contributed by atoms with Crippen LogP contribution in [-0.2, 0) is 27.2 Å². The Kier molecular flexibility index (Phi) is 3.71. The van der Waals surface area contributed by atoms with Crippen molar-refractivity contribution in [3.05, 3.63) is 56.3 Å². The van der Waals surface area contributed by atoms with Crippen LogP contribution in [0.15, 0.2) is 32.3 Å². The van der Waals surface area contributed by atoms with Crippen LogP contribution in [0.2, 0.25) is 0 Å². The average Bonchev–Trinajstić information content (AvgIpc) is 2.79. The van der Waals surface area contributed by atoms with Gasteiger partial charge in [0.1, 0.15) is 11.5 Å². The molecule has 0 aromatic carbocycles. The summed E-state index contributed by atoms with van der Waals surface area (Å²) in [4.78, 5) is 23.4. The summed E-state index contributed by atoms with van der Waals surface area (Å²) in [7, 11) is 3.10. The Hall–Kier alpha value is -2.08. The van der Waals surface area contributed by atoms with E-state index in [2.05, 4.69) is 5.32 Å². The zero-order valence-electron chi connectivity index (χ0n) is 11.3. The summed E-state index contributed by atoms with van der Waals surface area (Å²) in [6, 6.07) is 3.78. The van der Waals surface area contributed by atoms with Crippen molar-refractivity contribution in [2.75, 3.05) is 0 Å². The number of aryl methyl sites for hydroxylation is 2. The molecule has 0 unspecified atom stereocenters. The number of aromatic nitrogens is 2. The number of furan rings is 1. The third-order valence-corrected chi connectivity index (χ3v) is 2.93. The first-order chi connectivity index (χ1) is 8.99. The summed E-state index contributed by atoms with van der Waals surface area (Å²) in [5.74, 6) is 1.67. The topological polar surface area (TPSA) is 69.2 Å². The summed E-state index contributed by atoms with van der Waals surface area (Å²) in [5.41, 5.74) is -0.0467. The first kappa shape index (κ1) is 13.4. The second-order valence-corrected chi connectivity index (χ2v) is 4.53. The molecule has 0 saturated heterocycles. The quantitative estimate of drug-likeness (QED) is 0.860. The van der Waals surface area contributed by atoms with Gasteiger partial charge in [0.05, 0.1) is 6.54 Å². The molecule has 0 amide bonds. The van der Waals surface area contributed by atoms with Crippen LogP contribution in [0, 0.1) is 6.92 Å². The molecule has 102 valence electrons. The van der Waals surface area contributed by atoms with Gasteiger partial charge in [-0.2, -0.15) is 0 Å². The Bertz CT molecular complexity index is 694. The smallest absolute Gasteiger partial charge is 0.330 e. The molecule has 0 atom stereocenters. The summed E-state index contributed by atoms with van der Waals surface area (Å²) in [5, 5.41) is 3.12. The van der Waals surface area contributed by atoms with Crippen LogP contribution in [0.5, 0.6) is 0 Å². The lowest BCUT2D eigenvalue weighted by Crippen LogP contribution is -2.39. The van der Waals surface area contributed by atoms with Crippen molar-refractivity contribution in [2.24, 2.45) is 14.1 Å². The van der Waals surface area contributed by atoms with Gasteiger partial charge in [0.15, 0.2) is 0 Å². The number of hydrogen-bond donors (Lipinski definition) is 1. The van der Waals surface area contributed by atoms with Gasteiger partial charge in [0.2, 0.25) is 0 Å². The lowest BCUT2D eigenvalue weighted by Gasteiger charge is -2.07. The summed E-state index contributed by atoms with van der Waals surface area (Å²) in [6.45, 7) is 2.81. The molecule has 2 aromatic rings. The van der Waals surface area contributed by atoms with E-state index in [4.69, 9.17) is 4.42 Å². The number of nitrogens with zero attached hydrogens (tertiary/aromatic N) is 2. The Labute approximate surface area is 110 Å². The van der Waals surface area contributed by atoms with E-state index >= 15 is 0 Å². The Morgan fingerprint density at radius 3 is 2.58 bits per heavy atom. The van der Waals surface area contributed by atoms with E-state index in [0.717, 1.165) is 16.1 Å². The van der Waals surface area contributed by atoms with Crippen LogP contribution in [-0.4, -0.2) is 9.13 Å². The van der Waals surface area contributed by atoms with E-state index in [1.54, 1.807) is 13.2 Å². The van der Waals surface area contributed by atoms with E-state index in [0.29, 0.717) is 18.7 Å². The minimum absolute atomic E-state index is 0.272. The fourth-order valence-corrected chi connectivity index (χ4v) is 1.90. The number of hydrogen-bond acceptors (Lipinski definition) is 4. The molecule has 19 heavy (non-hydrogen) atoms. The summed E-state index contributed by atoms with van der Waals surface area (Å²) < 4.78 is 7.92. The Morgan fingerprint density at radius 2 is 1.95 bits per heavy atom. The van der Waals surface area contributed by atoms with Crippen LogP contribution in [0.1, 0.15) is 17.1 Å². The van der Waals surface area contributed by atoms with Crippen LogP contribution >= 0.6 is 0 Å². The minimum atomic E-state index is -0.324. The van der Waals surface area contributed by atoms with E-state index in [9.17, 15) is 9.59 Å². The highest BCUT2D eigenvalue weighted by molar-refractivity contribution is 5.07. The SMILES string of the molecule is Cc1ccc(CNCc2cn(C)c(=O)n(C)c2=O)o1. The highest BCUT2D eigenvalue weighted by atomic mass is 16.3. The molecular formula is C13H17N3O3. The maximum atomic E-state index is 11.9. The lowest BCUT2D eigenvalue weighted by atomic mass is 10.3. The normalized spacial score (nSPS) is 10.9. The van der Waals surface area contributed by atoms with Gasteiger partial charge in [-0.05, 0) is 19.1 Å². The molecular weight excluding hydrogens is 246 g/mol. The molecule has 0 aliphatic rings. The minimum Gasteiger partial charge on any atom is -0.465 e. The van der Waals surface area contributed by atoms with Crippen LogP contribution in [0.25, 0.3) is 0 Å². The largest absolute Gasteiger partial charge is 0.465 e. The van der Waals surface area contributed by atoms with Crippen molar-refractivity contribution >= 4 is 0 Å². The van der Waals surface area contributed by atoms with Crippen molar-refractivity contribution in [2.45, 2.75) is 20.0 Å². The van der Waals surface area contributed by atoms with E-state index in [-0.39, 0.29) is 11.2 Å². The Balaban J connectivity index is 2.08. The van der Waals surface area contributed by atoms with Crippen molar-refractivity contribution in [3.8, 4) is 0 Å². The predicted molar refractivity (Wildman–Crippen MR) is 70.9 cm³/mol. The molecule has 6 nitrogen and oxygen atoms in total. The van der Waals surface area contributed by atoms with E-state index < -0.39 is 0 Å². The van der Waals surface area contributed by atoms with Gasteiger partial charge >= 0.3 is 5.69 Å². The second-order valence-electron chi connectivity index (χ2n) is 4.53. The molecule has 2 aromatic heterocycles. The Morgan fingerprint density at radius 1 is 1.21 bits per heavy atom. The predicted octanol–water partition coefficient (Wildman–Crippen LogP) is 0.275. The molecule has 1 N–H and O–H groups in total. The molecule has 0 spiro atoms. The maximum Gasteiger partial charge on any atom is 0.330 e. The third kappa shape index (κ3) is 2.85. The van der Waals surface area contributed by atoms with Gasteiger partial charge in [-0.15, -0.1) is 0 Å². The molecule has 6 heteroatoms. The molecule has 0 fully saturated rings. The molecule has 2 rings (SSSR count). The van der Waals surface area contributed by atoms with Gasteiger partial charge in [-0.1, -0.05) is 0 Å². The molecule has 2 heterocycles. The fraction of sp³-hybridized carbons (Fsp3) is 0.385. The van der Waals surface area contributed by atoms with Gasteiger partial charge < -0.3 is 14.3 Å². The van der Waals surface area contributed by atoms with Gasteiger partial charge in [0.25, 0.3) is 5.56 Å². The zero-order valence-corrected chi connectivity index (χ0v) is 11.3. The number of nitrogens with one attached hydrogen (secondary N) is 1. The van der Waals surface area contributed by atoms with Gasteiger partial charge in [-0.25, -0.2) is 4.79 Å². The van der Waals surface area contributed by atoms with E-state index in [1.807, 2.05) is 19.1 Å². The zero-order chi connectivity index (χ0) is 14.0. The summed E-state index contributed by atoms with van der Waals surface area (Å²) in [6.07, 6.45) is 1.56. The highest BCUT2D eigenvalue weighted by Gasteiger charge is 2.06. The van der Waals surface area contributed by atoms with Crippen LogP contribution < -0.4 is 16.6 Å². The monoisotopic (exact) mass is 263 g/mol. The molecule has 0 aliphatic heterocycles. The highest BCUT2D eigenvalue weighted by Crippen LogP contribution is 2.05. The standard InChI is InChI=1S/C13H17N3O3/c1-9-4-5-11(19-9)7-14-6-10-8-15(2)13(18)16(3)12(10)17/h4-5,8,14H,6-7H2,1-3H3. The molecule has 0 radical (unpaired) electrons. The fourth-order valence-electron chi connectivity index (χ4n) is 1.90. The van der Waals surface area contributed by atoms with Crippen molar-refractivity contribution in [3.63, 3.8) is 0 Å². The third-order valence-electron chi connectivity index (χ3n) is 2.93. The average molecular weight is 263 g/mol. The number of rotatable bonds is 4. The molecule has 0 aliphatic carbocycles. The van der Waals surface area contributed by atoms with E-state index in [1.165, 1.54) is 11.6 Å². The molecule has 0 saturated carbocycles. The first-order valence-corrected chi connectivity index (χ1v) is 6.00. The first-order valence-electron chi connectivity index (χ1n) is 6.00. The van der Waals surface area contributed by atoms with Crippen LogP contribution in [0.4, 0.5) is 0 Å². The van der Waals surface area contributed by atoms with Crippen molar-refractivity contribution in [1.82, 2.24) is 14.5 Å².